The van der Waals surface area contributed by atoms with Gasteiger partial charge in [-0.25, -0.2) is 9.97 Å². The number of nitrogens with one attached hydrogen (secondary N) is 2. The first-order chi connectivity index (χ1) is 12.8. The van der Waals surface area contributed by atoms with E-state index >= 15 is 0 Å². The summed E-state index contributed by atoms with van der Waals surface area (Å²) in [6, 6.07) is 14.0. The minimum atomic E-state index is -0.0642. The van der Waals surface area contributed by atoms with E-state index in [4.69, 9.17) is 0 Å². The van der Waals surface area contributed by atoms with Gasteiger partial charge in [-0.05, 0) is 17.0 Å². The van der Waals surface area contributed by atoms with Crippen LogP contribution >= 0.6 is 22.7 Å². The molecule has 0 radical (unpaired) electrons. The van der Waals surface area contributed by atoms with Gasteiger partial charge in [-0.3, -0.25) is 4.79 Å². The number of aromatic nitrogens is 3. The Bertz CT molecular complexity index is 990. The van der Waals surface area contributed by atoms with Crippen molar-refractivity contribution in [2.24, 2.45) is 0 Å². The van der Waals surface area contributed by atoms with E-state index in [1.807, 2.05) is 53.2 Å². The summed E-state index contributed by atoms with van der Waals surface area (Å²) >= 11 is 3.22. The van der Waals surface area contributed by atoms with Crippen LogP contribution in [0.25, 0.3) is 21.1 Å². The molecule has 0 bridgehead atoms. The number of aromatic amines is 1. The van der Waals surface area contributed by atoms with Gasteiger partial charge in [-0.2, -0.15) is 0 Å². The van der Waals surface area contributed by atoms with Gasteiger partial charge < -0.3 is 10.3 Å². The van der Waals surface area contributed by atoms with E-state index in [0.29, 0.717) is 6.54 Å². The molecule has 4 rings (SSSR count). The number of hydrogen-bond donors (Lipinski definition) is 2. The average Bonchev–Trinajstić information content (AvgIpc) is 3.41. The Labute approximate surface area is 158 Å². The third-order valence-corrected chi connectivity index (χ3v) is 5.72. The van der Waals surface area contributed by atoms with Crippen molar-refractivity contribution in [3.8, 4) is 21.1 Å². The number of amides is 1. The molecule has 130 valence electrons. The van der Waals surface area contributed by atoms with Crippen molar-refractivity contribution in [2.75, 3.05) is 0 Å². The van der Waals surface area contributed by atoms with E-state index in [2.05, 4.69) is 20.3 Å². The SMILES string of the molecule is O=C(Cc1csc(-c2cccs2)n1)NCc1ncc(-c2ccccc2)[nH]1. The van der Waals surface area contributed by atoms with Gasteiger partial charge in [0.2, 0.25) is 5.91 Å². The summed E-state index contributed by atoms with van der Waals surface area (Å²) in [5.74, 6) is 0.667. The fourth-order valence-electron chi connectivity index (χ4n) is 2.53. The van der Waals surface area contributed by atoms with Crippen LogP contribution in [0.3, 0.4) is 0 Å². The first-order valence-electron chi connectivity index (χ1n) is 8.12. The summed E-state index contributed by atoms with van der Waals surface area (Å²) in [6.07, 6.45) is 2.05. The number of nitrogens with zero attached hydrogens (tertiary/aromatic N) is 2. The van der Waals surface area contributed by atoms with Gasteiger partial charge in [-0.15, -0.1) is 22.7 Å². The van der Waals surface area contributed by atoms with Crippen LogP contribution in [0.15, 0.2) is 59.4 Å². The van der Waals surface area contributed by atoms with Crippen molar-refractivity contribution in [2.45, 2.75) is 13.0 Å². The van der Waals surface area contributed by atoms with Gasteiger partial charge in [0.15, 0.2) is 0 Å². The van der Waals surface area contributed by atoms with Crippen molar-refractivity contribution < 1.29 is 4.79 Å². The molecule has 0 atom stereocenters. The number of thiazole rings is 1. The number of hydrogen-bond acceptors (Lipinski definition) is 5. The summed E-state index contributed by atoms with van der Waals surface area (Å²) in [4.78, 5) is 25.4. The highest BCUT2D eigenvalue weighted by atomic mass is 32.1. The molecule has 5 nitrogen and oxygen atoms in total. The maximum absolute atomic E-state index is 12.2. The number of H-pyrrole nitrogens is 1. The second kappa shape index (κ2) is 7.63. The second-order valence-electron chi connectivity index (χ2n) is 5.68. The van der Waals surface area contributed by atoms with Crippen LogP contribution in [-0.4, -0.2) is 20.9 Å². The Hall–Kier alpha value is -2.77. The van der Waals surface area contributed by atoms with E-state index < -0.39 is 0 Å². The largest absolute Gasteiger partial charge is 0.349 e. The molecule has 3 aromatic heterocycles. The van der Waals surface area contributed by atoms with E-state index in [9.17, 15) is 4.79 Å². The molecule has 0 fully saturated rings. The molecular formula is C19H16N4OS2. The molecule has 3 heterocycles. The number of thiophene rings is 1. The Morgan fingerprint density at radius 1 is 1.12 bits per heavy atom. The lowest BCUT2D eigenvalue weighted by Crippen LogP contribution is -2.25. The monoisotopic (exact) mass is 380 g/mol. The summed E-state index contributed by atoms with van der Waals surface area (Å²) < 4.78 is 0. The smallest absolute Gasteiger partial charge is 0.226 e. The fraction of sp³-hybridized carbons (Fsp3) is 0.105. The first-order valence-corrected chi connectivity index (χ1v) is 9.88. The molecule has 0 aliphatic rings. The molecular weight excluding hydrogens is 364 g/mol. The maximum Gasteiger partial charge on any atom is 0.226 e. The first kappa shape index (κ1) is 16.7. The molecule has 0 spiro atoms. The highest BCUT2D eigenvalue weighted by Crippen LogP contribution is 2.27. The number of imidazole rings is 1. The van der Waals surface area contributed by atoms with Crippen molar-refractivity contribution >= 4 is 28.6 Å². The van der Waals surface area contributed by atoms with Crippen molar-refractivity contribution in [3.05, 3.63) is 70.9 Å². The summed E-state index contributed by atoms with van der Waals surface area (Å²) in [5, 5.41) is 7.81. The summed E-state index contributed by atoms with van der Waals surface area (Å²) in [7, 11) is 0. The molecule has 2 N–H and O–H groups in total. The molecule has 0 aliphatic carbocycles. The highest BCUT2D eigenvalue weighted by molar-refractivity contribution is 7.20. The Morgan fingerprint density at radius 2 is 2.00 bits per heavy atom. The Morgan fingerprint density at radius 3 is 2.81 bits per heavy atom. The lowest BCUT2D eigenvalue weighted by molar-refractivity contribution is -0.120. The quantitative estimate of drug-likeness (QED) is 0.529. The van der Waals surface area contributed by atoms with Crippen LogP contribution in [0.5, 0.6) is 0 Å². The van der Waals surface area contributed by atoms with Crippen LogP contribution < -0.4 is 5.32 Å². The third-order valence-electron chi connectivity index (χ3n) is 3.79. The zero-order valence-corrected chi connectivity index (χ0v) is 15.4. The van der Waals surface area contributed by atoms with Gasteiger partial charge in [0, 0.05) is 5.38 Å². The highest BCUT2D eigenvalue weighted by Gasteiger charge is 2.10. The minimum Gasteiger partial charge on any atom is -0.349 e. The summed E-state index contributed by atoms with van der Waals surface area (Å²) in [6.45, 7) is 0.369. The van der Waals surface area contributed by atoms with Gasteiger partial charge in [0.1, 0.15) is 10.8 Å². The zero-order valence-electron chi connectivity index (χ0n) is 13.8. The average molecular weight is 380 g/mol. The Balaban J connectivity index is 1.32. The number of benzene rings is 1. The van der Waals surface area contributed by atoms with Crippen LogP contribution in [-0.2, 0) is 17.8 Å². The third kappa shape index (κ3) is 3.89. The van der Waals surface area contributed by atoms with Gasteiger partial charge in [0.05, 0.1) is 35.4 Å². The predicted octanol–water partition coefficient (Wildman–Crippen LogP) is 4.12. The molecule has 0 saturated heterocycles. The number of carbonyl (C=O) groups excluding carboxylic acids is 1. The molecule has 26 heavy (non-hydrogen) atoms. The number of carbonyl (C=O) groups is 1. The van der Waals surface area contributed by atoms with E-state index in [0.717, 1.165) is 32.7 Å². The molecule has 7 heteroatoms. The molecule has 1 amide bonds. The standard InChI is InChI=1S/C19H16N4OS2/c24-18(9-14-12-26-19(22-14)16-7-4-8-25-16)21-11-17-20-10-15(23-17)13-5-2-1-3-6-13/h1-8,10,12H,9,11H2,(H,20,23)(H,21,24). The molecule has 0 aliphatic heterocycles. The Kier molecular flexibility index (Phi) is 4.90. The maximum atomic E-state index is 12.2. The van der Waals surface area contributed by atoms with Gasteiger partial charge >= 0.3 is 0 Å². The second-order valence-corrected chi connectivity index (χ2v) is 7.49. The van der Waals surface area contributed by atoms with Crippen LogP contribution in [0.1, 0.15) is 11.5 Å². The molecule has 4 aromatic rings. The molecule has 1 aromatic carbocycles. The zero-order chi connectivity index (χ0) is 17.8. The molecule has 0 unspecified atom stereocenters. The molecule has 0 saturated carbocycles. The van der Waals surface area contributed by atoms with Crippen LogP contribution in [0.4, 0.5) is 0 Å². The minimum absolute atomic E-state index is 0.0642. The predicted molar refractivity (Wildman–Crippen MR) is 105 cm³/mol. The van der Waals surface area contributed by atoms with Gasteiger partial charge in [-0.1, -0.05) is 36.4 Å². The lowest BCUT2D eigenvalue weighted by Gasteiger charge is -2.02. The lowest BCUT2D eigenvalue weighted by atomic mass is 10.2. The van der Waals surface area contributed by atoms with Gasteiger partial charge in [0.25, 0.3) is 0 Å². The van der Waals surface area contributed by atoms with Crippen LogP contribution in [0, 0.1) is 0 Å². The van der Waals surface area contributed by atoms with Crippen molar-refractivity contribution in [1.82, 2.24) is 20.3 Å². The van der Waals surface area contributed by atoms with Crippen molar-refractivity contribution in [1.29, 1.82) is 0 Å². The number of rotatable bonds is 6. The van der Waals surface area contributed by atoms with Crippen molar-refractivity contribution in [3.63, 3.8) is 0 Å². The normalized spacial score (nSPS) is 10.8. The topological polar surface area (TPSA) is 70.7 Å². The van der Waals surface area contributed by atoms with E-state index in [-0.39, 0.29) is 12.3 Å². The van der Waals surface area contributed by atoms with E-state index in [1.165, 1.54) is 0 Å². The fourth-order valence-corrected chi connectivity index (χ4v) is 4.16. The van der Waals surface area contributed by atoms with E-state index in [1.54, 1.807) is 28.9 Å². The van der Waals surface area contributed by atoms with Crippen LogP contribution in [0.2, 0.25) is 0 Å². The summed E-state index contributed by atoms with van der Waals surface area (Å²) in [5.41, 5.74) is 2.80.